The van der Waals surface area contributed by atoms with Crippen LogP contribution in [0.3, 0.4) is 0 Å². The van der Waals surface area contributed by atoms with E-state index in [2.05, 4.69) is 5.32 Å². The van der Waals surface area contributed by atoms with Gasteiger partial charge in [0.15, 0.2) is 0 Å². The SMILES string of the molecule is Cc1ccccc1C(=O)NC1CCN(C(=O)/C=C/c2cccc(Cl)c2)CC1. The van der Waals surface area contributed by atoms with Gasteiger partial charge in [0.2, 0.25) is 5.91 Å². The molecule has 3 rings (SSSR count). The molecule has 0 radical (unpaired) electrons. The highest BCUT2D eigenvalue weighted by atomic mass is 35.5. The van der Waals surface area contributed by atoms with Gasteiger partial charge in [-0.15, -0.1) is 0 Å². The zero-order valence-electron chi connectivity index (χ0n) is 15.3. The van der Waals surface area contributed by atoms with Gasteiger partial charge in [0.1, 0.15) is 0 Å². The van der Waals surface area contributed by atoms with Gasteiger partial charge in [-0.05, 0) is 55.2 Å². The lowest BCUT2D eigenvalue weighted by Crippen LogP contribution is -2.46. The number of hydrogen-bond donors (Lipinski definition) is 1. The minimum Gasteiger partial charge on any atom is -0.349 e. The molecule has 1 heterocycles. The molecule has 1 saturated heterocycles. The third-order valence-electron chi connectivity index (χ3n) is 4.80. The number of benzene rings is 2. The first-order chi connectivity index (χ1) is 13.0. The fourth-order valence-electron chi connectivity index (χ4n) is 3.22. The number of halogens is 1. The maximum absolute atomic E-state index is 12.4. The second kappa shape index (κ2) is 8.87. The molecule has 0 bridgehead atoms. The summed E-state index contributed by atoms with van der Waals surface area (Å²) in [6.07, 6.45) is 4.88. The number of aryl methyl sites for hydroxylation is 1. The Labute approximate surface area is 164 Å². The molecule has 0 unspecified atom stereocenters. The van der Waals surface area contributed by atoms with Crippen molar-refractivity contribution in [3.05, 3.63) is 76.3 Å². The van der Waals surface area contributed by atoms with E-state index in [1.165, 1.54) is 0 Å². The van der Waals surface area contributed by atoms with Gasteiger partial charge in [0.05, 0.1) is 0 Å². The summed E-state index contributed by atoms with van der Waals surface area (Å²) in [6.45, 7) is 3.21. The molecule has 0 aromatic heterocycles. The standard InChI is InChI=1S/C22H23ClN2O2/c1-16-5-2-3-8-20(16)22(27)24-19-11-13-25(14-12-19)21(26)10-9-17-6-4-7-18(23)15-17/h2-10,15,19H,11-14H2,1H3,(H,24,27)/b10-9+. The molecule has 1 fully saturated rings. The summed E-state index contributed by atoms with van der Waals surface area (Å²) >= 11 is 5.96. The van der Waals surface area contributed by atoms with Crippen molar-refractivity contribution in [2.75, 3.05) is 13.1 Å². The first-order valence-electron chi connectivity index (χ1n) is 9.12. The summed E-state index contributed by atoms with van der Waals surface area (Å²) in [7, 11) is 0. The Morgan fingerprint density at radius 3 is 2.56 bits per heavy atom. The van der Waals surface area contributed by atoms with Crippen LogP contribution in [0.25, 0.3) is 6.08 Å². The van der Waals surface area contributed by atoms with Crippen LogP contribution >= 0.6 is 11.6 Å². The third-order valence-corrected chi connectivity index (χ3v) is 5.03. The molecular formula is C22H23ClN2O2. The van der Waals surface area contributed by atoms with Gasteiger partial charge in [-0.1, -0.05) is 41.9 Å². The maximum atomic E-state index is 12.4. The Kier molecular flexibility index (Phi) is 6.30. The van der Waals surface area contributed by atoms with Crippen molar-refractivity contribution in [1.29, 1.82) is 0 Å². The number of amides is 2. The van der Waals surface area contributed by atoms with Crippen LogP contribution in [0.4, 0.5) is 0 Å². The van der Waals surface area contributed by atoms with Gasteiger partial charge in [-0.2, -0.15) is 0 Å². The van der Waals surface area contributed by atoms with E-state index in [1.807, 2.05) is 54.3 Å². The fourth-order valence-corrected chi connectivity index (χ4v) is 3.42. The van der Waals surface area contributed by atoms with E-state index in [0.717, 1.165) is 24.0 Å². The molecule has 27 heavy (non-hydrogen) atoms. The van der Waals surface area contributed by atoms with E-state index in [1.54, 1.807) is 18.2 Å². The summed E-state index contributed by atoms with van der Waals surface area (Å²) in [5.74, 6) is -0.0580. The Hall–Kier alpha value is -2.59. The Bertz CT molecular complexity index is 855. The van der Waals surface area contributed by atoms with Crippen LogP contribution in [-0.2, 0) is 4.79 Å². The summed E-state index contributed by atoms with van der Waals surface area (Å²) < 4.78 is 0. The van der Waals surface area contributed by atoms with Crippen molar-refractivity contribution in [3.8, 4) is 0 Å². The molecule has 2 amide bonds. The fraction of sp³-hybridized carbons (Fsp3) is 0.273. The number of likely N-dealkylation sites (tertiary alicyclic amines) is 1. The molecule has 0 spiro atoms. The van der Waals surface area contributed by atoms with Crippen molar-refractivity contribution in [1.82, 2.24) is 10.2 Å². The lowest BCUT2D eigenvalue weighted by molar-refractivity contribution is -0.126. The molecule has 5 heteroatoms. The highest BCUT2D eigenvalue weighted by molar-refractivity contribution is 6.30. The monoisotopic (exact) mass is 382 g/mol. The molecule has 2 aromatic carbocycles. The van der Waals surface area contributed by atoms with Crippen LogP contribution < -0.4 is 5.32 Å². The summed E-state index contributed by atoms with van der Waals surface area (Å²) in [5, 5.41) is 3.74. The van der Waals surface area contributed by atoms with E-state index < -0.39 is 0 Å². The highest BCUT2D eigenvalue weighted by Gasteiger charge is 2.23. The lowest BCUT2D eigenvalue weighted by Gasteiger charge is -2.31. The van der Waals surface area contributed by atoms with Crippen molar-refractivity contribution in [2.45, 2.75) is 25.8 Å². The van der Waals surface area contributed by atoms with Crippen molar-refractivity contribution >= 4 is 29.5 Å². The van der Waals surface area contributed by atoms with Crippen LogP contribution in [0.1, 0.15) is 34.3 Å². The predicted octanol–water partition coefficient (Wildman–Crippen LogP) is 4.08. The summed E-state index contributed by atoms with van der Waals surface area (Å²) in [6, 6.07) is 15.0. The van der Waals surface area contributed by atoms with Gasteiger partial charge < -0.3 is 10.2 Å². The second-order valence-corrected chi connectivity index (χ2v) is 7.21. The minimum absolute atomic E-state index is 0.0151. The molecule has 1 aliphatic heterocycles. The van der Waals surface area contributed by atoms with Gasteiger partial charge >= 0.3 is 0 Å². The first-order valence-corrected chi connectivity index (χ1v) is 9.50. The molecule has 2 aromatic rings. The number of rotatable bonds is 4. The number of piperidine rings is 1. The average Bonchev–Trinajstić information content (AvgIpc) is 2.67. The van der Waals surface area contributed by atoms with Crippen LogP contribution in [0.15, 0.2) is 54.6 Å². The van der Waals surface area contributed by atoms with Crippen molar-refractivity contribution in [2.24, 2.45) is 0 Å². The molecule has 0 aliphatic carbocycles. The van der Waals surface area contributed by atoms with E-state index in [-0.39, 0.29) is 17.9 Å². The number of carbonyl (C=O) groups excluding carboxylic acids is 2. The molecular weight excluding hydrogens is 360 g/mol. The largest absolute Gasteiger partial charge is 0.349 e. The third kappa shape index (κ3) is 5.20. The zero-order valence-corrected chi connectivity index (χ0v) is 16.1. The second-order valence-electron chi connectivity index (χ2n) is 6.78. The van der Waals surface area contributed by atoms with Crippen LogP contribution in [0, 0.1) is 6.92 Å². The van der Waals surface area contributed by atoms with Gasteiger partial charge in [-0.25, -0.2) is 0 Å². The lowest BCUT2D eigenvalue weighted by atomic mass is 10.0. The van der Waals surface area contributed by atoms with Gasteiger partial charge in [0, 0.05) is 35.8 Å². The molecule has 1 N–H and O–H groups in total. The molecule has 0 saturated carbocycles. The van der Waals surface area contributed by atoms with E-state index in [4.69, 9.17) is 11.6 Å². The molecule has 0 atom stereocenters. The minimum atomic E-state index is -0.0428. The number of carbonyl (C=O) groups is 2. The summed E-state index contributed by atoms with van der Waals surface area (Å²) in [4.78, 5) is 26.6. The molecule has 1 aliphatic rings. The van der Waals surface area contributed by atoms with E-state index in [0.29, 0.717) is 23.7 Å². The number of nitrogens with one attached hydrogen (secondary N) is 1. The zero-order chi connectivity index (χ0) is 19.2. The average molecular weight is 383 g/mol. The number of nitrogens with zero attached hydrogens (tertiary/aromatic N) is 1. The number of hydrogen-bond acceptors (Lipinski definition) is 2. The smallest absolute Gasteiger partial charge is 0.251 e. The van der Waals surface area contributed by atoms with Crippen molar-refractivity contribution < 1.29 is 9.59 Å². The van der Waals surface area contributed by atoms with Gasteiger partial charge in [0.25, 0.3) is 5.91 Å². The van der Waals surface area contributed by atoms with Crippen molar-refractivity contribution in [3.63, 3.8) is 0 Å². The maximum Gasteiger partial charge on any atom is 0.251 e. The van der Waals surface area contributed by atoms with E-state index in [9.17, 15) is 9.59 Å². The van der Waals surface area contributed by atoms with Crippen LogP contribution in [0.5, 0.6) is 0 Å². The normalized spacial score (nSPS) is 15.1. The Morgan fingerprint density at radius 1 is 1.11 bits per heavy atom. The Balaban J connectivity index is 1.50. The quantitative estimate of drug-likeness (QED) is 0.810. The van der Waals surface area contributed by atoms with Gasteiger partial charge in [-0.3, -0.25) is 9.59 Å². The Morgan fingerprint density at radius 2 is 1.85 bits per heavy atom. The first kappa shape index (κ1) is 19.2. The predicted molar refractivity (Wildman–Crippen MR) is 109 cm³/mol. The highest BCUT2D eigenvalue weighted by Crippen LogP contribution is 2.15. The topological polar surface area (TPSA) is 49.4 Å². The van der Waals surface area contributed by atoms with E-state index >= 15 is 0 Å². The van der Waals surface area contributed by atoms with Crippen LogP contribution in [0.2, 0.25) is 5.02 Å². The summed E-state index contributed by atoms with van der Waals surface area (Å²) in [5.41, 5.74) is 2.57. The van der Waals surface area contributed by atoms with Crippen LogP contribution in [-0.4, -0.2) is 35.8 Å². The molecule has 140 valence electrons. The molecule has 4 nitrogen and oxygen atoms in total.